The van der Waals surface area contributed by atoms with Crippen LogP contribution in [0.15, 0.2) is 0 Å². The first kappa shape index (κ1) is 13.4. The minimum atomic E-state index is -0.154. The smallest absolute Gasteiger partial charge is 0.309 e. The second-order valence-corrected chi connectivity index (χ2v) is 4.08. The summed E-state index contributed by atoms with van der Waals surface area (Å²) in [5.74, 6) is -0.228. The van der Waals surface area contributed by atoms with Gasteiger partial charge in [-0.15, -0.1) is 0 Å². The van der Waals surface area contributed by atoms with Crippen molar-refractivity contribution in [3.05, 3.63) is 0 Å². The zero-order valence-corrected chi connectivity index (χ0v) is 10.2. The lowest BCUT2D eigenvalue weighted by molar-refractivity contribution is -0.144. The summed E-state index contributed by atoms with van der Waals surface area (Å²) >= 11 is 0. The van der Waals surface area contributed by atoms with Crippen LogP contribution in [-0.4, -0.2) is 63.9 Å². The molecule has 0 unspecified atom stereocenters. The average molecular weight is 230 g/mol. The van der Waals surface area contributed by atoms with Crippen molar-refractivity contribution in [3.63, 3.8) is 0 Å². The molecule has 1 N–H and O–H groups in total. The highest BCUT2D eigenvalue weighted by molar-refractivity contribution is 5.71. The Morgan fingerprint density at radius 2 is 2.19 bits per heavy atom. The lowest BCUT2D eigenvalue weighted by Crippen LogP contribution is -2.41. The number of methoxy groups -OCH3 is 1. The monoisotopic (exact) mass is 230 g/mol. The summed E-state index contributed by atoms with van der Waals surface area (Å²) in [4.78, 5) is 13.5. The number of carbonyl (C=O) groups excluding carboxylic acids is 1. The van der Waals surface area contributed by atoms with Crippen molar-refractivity contribution >= 4 is 5.97 Å². The summed E-state index contributed by atoms with van der Waals surface area (Å²) in [6.45, 7) is 8.14. The van der Waals surface area contributed by atoms with Gasteiger partial charge in [0.15, 0.2) is 0 Å². The van der Waals surface area contributed by atoms with E-state index < -0.39 is 0 Å². The molecule has 0 amide bonds. The molecule has 0 radical (unpaired) electrons. The minimum absolute atomic E-state index is 0.0744. The van der Waals surface area contributed by atoms with Gasteiger partial charge in [-0.3, -0.25) is 9.69 Å². The van der Waals surface area contributed by atoms with Gasteiger partial charge in [-0.25, -0.2) is 0 Å². The fourth-order valence-corrected chi connectivity index (χ4v) is 1.67. The number of carbonyl (C=O) groups is 1. The van der Waals surface area contributed by atoms with Gasteiger partial charge in [0.05, 0.1) is 26.2 Å². The maximum absolute atomic E-state index is 11.1. The van der Waals surface area contributed by atoms with Gasteiger partial charge in [0.2, 0.25) is 0 Å². The number of esters is 1. The second-order valence-electron chi connectivity index (χ2n) is 4.08. The first-order valence-corrected chi connectivity index (χ1v) is 5.82. The van der Waals surface area contributed by atoms with Crippen LogP contribution < -0.4 is 5.32 Å². The van der Waals surface area contributed by atoms with E-state index in [2.05, 4.69) is 15.0 Å². The van der Waals surface area contributed by atoms with Gasteiger partial charge in [0.1, 0.15) is 0 Å². The Hall–Kier alpha value is -0.650. The Kier molecular flexibility index (Phi) is 6.37. The van der Waals surface area contributed by atoms with Gasteiger partial charge < -0.3 is 14.8 Å². The van der Waals surface area contributed by atoms with Crippen LogP contribution in [0.5, 0.6) is 0 Å². The molecule has 94 valence electrons. The first-order chi connectivity index (χ1) is 7.74. The van der Waals surface area contributed by atoms with Crippen molar-refractivity contribution < 1.29 is 14.3 Å². The van der Waals surface area contributed by atoms with Crippen LogP contribution >= 0.6 is 0 Å². The maximum Gasteiger partial charge on any atom is 0.309 e. The molecular formula is C11H22N2O3. The van der Waals surface area contributed by atoms with E-state index in [-0.39, 0.29) is 11.9 Å². The number of nitrogens with one attached hydrogen (secondary N) is 1. The standard InChI is InChI=1S/C11H22N2O3/c1-10(11(14)15-2)9-12-3-4-13-5-7-16-8-6-13/h10,12H,3-9H2,1-2H3/t10-/m0/s1. The molecule has 1 fully saturated rings. The molecule has 0 aromatic carbocycles. The number of nitrogens with zero attached hydrogens (tertiary/aromatic N) is 1. The van der Waals surface area contributed by atoms with Gasteiger partial charge in [0, 0.05) is 32.7 Å². The van der Waals surface area contributed by atoms with Crippen molar-refractivity contribution in [1.29, 1.82) is 0 Å². The molecule has 5 nitrogen and oxygen atoms in total. The third kappa shape index (κ3) is 4.92. The van der Waals surface area contributed by atoms with Crippen LogP contribution in [0.1, 0.15) is 6.92 Å². The predicted molar refractivity (Wildman–Crippen MR) is 61.3 cm³/mol. The molecule has 1 atom stereocenters. The number of hydrogen-bond acceptors (Lipinski definition) is 5. The average Bonchev–Trinajstić information content (AvgIpc) is 2.34. The van der Waals surface area contributed by atoms with Crippen molar-refractivity contribution in [2.75, 3.05) is 53.0 Å². The largest absolute Gasteiger partial charge is 0.469 e. The normalized spacial score (nSPS) is 19.4. The quantitative estimate of drug-likeness (QED) is 0.502. The Bertz CT molecular complexity index is 205. The predicted octanol–water partition coefficient (Wildman–Crippen LogP) is -0.283. The Morgan fingerprint density at radius 1 is 1.50 bits per heavy atom. The molecule has 0 aromatic rings. The van der Waals surface area contributed by atoms with Gasteiger partial charge >= 0.3 is 5.97 Å². The lowest BCUT2D eigenvalue weighted by Gasteiger charge is -2.26. The summed E-state index contributed by atoms with van der Waals surface area (Å²) in [6.07, 6.45) is 0. The summed E-state index contributed by atoms with van der Waals surface area (Å²) in [7, 11) is 1.42. The molecular weight excluding hydrogens is 208 g/mol. The molecule has 1 saturated heterocycles. The van der Waals surface area contributed by atoms with Gasteiger partial charge in [0.25, 0.3) is 0 Å². The molecule has 1 aliphatic rings. The van der Waals surface area contributed by atoms with E-state index in [4.69, 9.17) is 4.74 Å². The van der Waals surface area contributed by atoms with Gasteiger partial charge in [-0.2, -0.15) is 0 Å². The second kappa shape index (κ2) is 7.60. The van der Waals surface area contributed by atoms with Gasteiger partial charge in [-0.1, -0.05) is 6.92 Å². The minimum Gasteiger partial charge on any atom is -0.469 e. The lowest BCUT2D eigenvalue weighted by atomic mass is 10.2. The molecule has 0 aliphatic carbocycles. The Labute approximate surface area is 97.1 Å². The maximum atomic E-state index is 11.1. The van der Waals surface area contributed by atoms with Crippen LogP contribution in [-0.2, 0) is 14.3 Å². The topological polar surface area (TPSA) is 50.8 Å². The first-order valence-electron chi connectivity index (χ1n) is 5.82. The number of ether oxygens (including phenoxy) is 2. The van der Waals surface area contributed by atoms with E-state index >= 15 is 0 Å². The van der Waals surface area contributed by atoms with Crippen LogP contribution in [0.2, 0.25) is 0 Å². The molecule has 0 spiro atoms. The third-order valence-corrected chi connectivity index (χ3v) is 2.76. The zero-order valence-electron chi connectivity index (χ0n) is 10.2. The summed E-state index contributed by atoms with van der Waals surface area (Å²) in [5.41, 5.74) is 0. The van der Waals surface area contributed by atoms with Crippen LogP contribution in [0.4, 0.5) is 0 Å². The fourth-order valence-electron chi connectivity index (χ4n) is 1.67. The highest BCUT2D eigenvalue weighted by atomic mass is 16.5. The van der Waals surface area contributed by atoms with E-state index in [0.29, 0.717) is 6.54 Å². The third-order valence-electron chi connectivity index (χ3n) is 2.76. The van der Waals surface area contributed by atoms with Crippen molar-refractivity contribution in [1.82, 2.24) is 10.2 Å². The van der Waals surface area contributed by atoms with E-state index in [0.717, 1.165) is 39.4 Å². The number of rotatable bonds is 6. The molecule has 1 heterocycles. The van der Waals surface area contributed by atoms with Crippen LogP contribution in [0.3, 0.4) is 0 Å². The van der Waals surface area contributed by atoms with Crippen LogP contribution in [0.25, 0.3) is 0 Å². The molecule has 1 aliphatic heterocycles. The van der Waals surface area contributed by atoms with E-state index in [9.17, 15) is 4.79 Å². The molecule has 0 aromatic heterocycles. The van der Waals surface area contributed by atoms with E-state index in [1.165, 1.54) is 7.11 Å². The summed E-state index contributed by atoms with van der Waals surface area (Å²) < 4.78 is 9.92. The molecule has 16 heavy (non-hydrogen) atoms. The number of morpholine rings is 1. The van der Waals surface area contributed by atoms with Crippen LogP contribution in [0, 0.1) is 5.92 Å². The SMILES string of the molecule is COC(=O)[C@@H](C)CNCCN1CCOCC1. The Balaban J connectivity index is 2.00. The van der Waals surface area contributed by atoms with Gasteiger partial charge in [-0.05, 0) is 0 Å². The number of hydrogen-bond donors (Lipinski definition) is 1. The van der Waals surface area contributed by atoms with E-state index in [1.807, 2.05) is 6.92 Å². The Morgan fingerprint density at radius 3 is 2.81 bits per heavy atom. The molecule has 0 bridgehead atoms. The van der Waals surface area contributed by atoms with Crippen molar-refractivity contribution in [3.8, 4) is 0 Å². The fraction of sp³-hybridized carbons (Fsp3) is 0.909. The highest BCUT2D eigenvalue weighted by Gasteiger charge is 2.13. The van der Waals surface area contributed by atoms with Crippen molar-refractivity contribution in [2.24, 2.45) is 5.92 Å². The molecule has 5 heteroatoms. The highest BCUT2D eigenvalue weighted by Crippen LogP contribution is 1.96. The zero-order chi connectivity index (χ0) is 11.8. The summed E-state index contributed by atoms with van der Waals surface area (Å²) in [6, 6.07) is 0. The molecule has 1 rings (SSSR count). The summed E-state index contributed by atoms with van der Waals surface area (Å²) in [5, 5.41) is 3.26. The van der Waals surface area contributed by atoms with Crippen molar-refractivity contribution in [2.45, 2.75) is 6.92 Å². The molecule has 0 saturated carbocycles. The van der Waals surface area contributed by atoms with E-state index in [1.54, 1.807) is 0 Å².